The van der Waals surface area contributed by atoms with Crippen molar-refractivity contribution >= 4 is 0 Å². The maximum Gasteiger partial charge on any atom is 0.0886 e. The summed E-state index contributed by atoms with van der Waals surface area (Å²) < 4.78 is 0. The van der Waals surface area contributed by atoms with Crippen molar-refractivity contribution in [1.82, 2.24) is 5.32 Å². The normalized spacial score (nSPS) is 41.6. The molecular formula is C11H13NO. The number of rotatable bonds is 1. The Labute approximate surface area is 77.6 Å². The molecule has 3 rings (SSSR count). The standard InChI is InChI=1S/C11H13NO/c13-11-6-9(11)7-12-10(11)8-4-2-1-3-5-8/h1-5,9-10,12-13H,6-7H2/t9?,10-,11?/m0/s1. The summed E-state index contributed by atoms with van der Waals surface area (Å²) in [5.74, 6) is 0.498. The minimum absolute atomic E-state index is 0.165. The van der Waals surface area contributed by atoms with Gasteiger partial charge in [0.05, 0.1) is 11.6 Å². The predicted octanol–water partition coefficient (Wildman–Crippen LogP) is 1.08. The van der Waals surface area contributed by atoms with Crippen LogP contribution in [0.1, 0.15) is 18.0 Å². The van der Waals surface area contributed by atoms with E-state index in [1.165, 1.54) is 5.56 Å². The fourth-order valence-electron chi connectivity index (χ4n) is 2.43. The molecule has 68 valence electrons. The first-order valence-electron chi connectivity index (χ1n) is 4.81. The van der Waals surface area contributed by atoms with Gasteiger partial charge in [0.1, 0.15) is 0 Å². The number of fused-ring (bicyclic) bond motifs is 1. The van der Waals surface area contributed by atoms with Crippen molar-refractivity contribution in [2.45, 2.75) is 18.1 Å². The van der Waals surface area contributed by atoms with Crippen molar-refractivity contribution in [3.63, 3.8) is 0 Å². The number of benzene rings is 1. The van der Waals surface area contributed by atoms with Crippen molar-refractivity contribution in [3.05, 3.63) is 35.9 Å². The molecule has 2 aliphatic rings. The number of nitrogens with one attached hydrogen (secondary N) is 1. The van der Waals surface area contributed by atoms with Crippen LogP contribution in [0.3, 0.4) is 0 Å². The Morgan fingerprint density at radius 2 is 2.08 bits per heavy atom. The van der Waals surface area contributed by atoms with Crippen LogP contribution in [0.25, 0.3) is 0 Å². The van der Waals surface area contributed by atoms with Gasteiger partial charge in [-0.2, -0.15) is 0 Å². The van der Waals surface area contributed by atoms with Crippen LogP contribution >= 0.6 is 0 Å². The van der Waals surface area contributed by atoms with Crippen molar-refractivity contribution < 1.29 is 5.11 Å². The van der Waals surface area contributed by atoms with Crippen LogP contribution in [-0.2, 0) is 0 Å². The highest BCUT2D eigenvalue weighted by molar-refractivity contribution is 5.30. The van der Waals surface area contributed by atoms with Crippen molar-refractivity contribution in [1.29, 1.82) is 0 Å². The SMILES string of the molecule is OC12CC1CN[C@H]2c1ccccc1. The molecule has 1 saturated carbocycles. The lowest BCUT2D eigenvalue weighted by molar-refractivity contribution is 0.116. The fraction of sp³-hybridized carbons (Fsp3) is 0.455. The second kappa shape index (κ2) is 2.34. The van der Waals surface area contributed by atoms with Gasteiger partial charge in [-0.15, -0.1) is 0 Å². The Bertz CT molecular complexity index is 322. The van der Waals surface area contributed by atoms with Crippen LogP contribution in [-0.4, -0.2) is 17.3 Å². The topological polar surface area (TPSA) is 32.3 Å². The molecule has 1 aromatic carbocycles. The van der Waals surface area contributed by atoms with E-state index in [0.29, 0.717) is 5.92 Å². The number of hydrogen-bond acceptors (Lipinski definition) is 2. The second-order valence-electron chi connectivity index (χ2n) is 4.14. The van der Waals surface area contributed by atoms with E-state index in [1.54, 1.807) is 0 Å². The van der Waals surface area contributed by atoms with Gasteiger partial charge < -0.3 is 10.4 Å². The van der Waals surface area contributed by atoms with Crippen molar-refractivity contribution in [2.24, 2.45) is 5.92 Å². The first kappa shape index (κ1) is 7.54. The molecule has 0 bridgehead atoms. The Morgan fingerprint density at radius 1 is 1.31 bits per heavy atom. The molecule has 1 heterocycles. The zero-order chi connectivity index (χ0) is 8.89. The summed E-state index contributed by atoms with van der Waals surface area (Å²) in [4.78, 5) is 0. The molecule has 13 heavy (non-hydrogen) atoms. The van der Waals surface area contributed by atoms with E-state index in [2.05, 4.69) is 17.4 Å². The zero-order valence-electron chi connectivity index (χ0n) is 7.40. The minimum Gasteiger partial charge on any atom is -0.388 e. The van der Waals surface area contributed by atoms with Crippen LogP contribution in [0.2, 0.25) is 0 Å². The van der Waals surface area contributed by atoms with Gasteiger partial charge >= 0.3 is 0 Å². The van der Waals surface area contributed by atoms with Crippen LogP contribution in [0.5, 0.6) is 0 Å². The molecule has 2 nitrogen and oxygen atoms in total. The van der Waals surface area contributed by atoms with Crippen LogP contribution in [0, 0.1) is 5.92 Å². The summed E-state index contributed by atoms with van der Waals surface area (Å²) in [5, 5.41) is 13.5. The highest BCUT2D eigenvalue weighted by atomic mass is 16.3. The molecular weight excluding hydrogens is 162 g/mol. The number of piperidine rings is 1. The van der Waals surface area contributed by atoms with E-state index in [9.17, 15) is 5.11 Å². The van der Waals surface area contributed by atoms with Gasteiger partial charge in [-0.1, -0.05) is 30.3 Å². The third-order valence-electron chi connectivity index (χ3n) is 3.32. The zero-order valence-corrected chi connectivity index (χ0v) is 7.40. The van der Waals surface area contributed by atoms with Crippen LogP contribution in [0.15, 0.2) is 30.3 Å². The van der Waals surface area contributed by atoms with E-state index in [0.717, 1.165) is 13.0 Å². The van der Waals surface area contributed by atoms with Gasteiger partial charge in [0.15, 0.2) is 0 Å². The molecule has 2 N–H and O–H groups in total. The molecule has 1 aliphatic carbocycles. The molecule has 1 aliphatic heterocycles. The Hall–Kier alpha value is -0.860. The Balaban J connectivity index is 1.94. The summed E-state index contributed by atoms with van der Waals surface area (Å²) >= 11 is 0. The van der Waals surface area contributed by atoms with E-state index >= 15 is 0 Å². The van der Waals surface area contributed by atoms with E-state index in [1.807, 2.05) is 18.2 Å². The van der Waals surface area contributed by atoms with Gasteiger partial charge in [0.25, 0.3) is 0 Å². The monoisotopic (exact) mass is 175 g/mol. The maximum atomic E-state index is 10.1. The maximum absolute atomic E-state index is 10.1. The highest BCUT2D eigenvalue weighted by Crippen LogP contribution is 2.55. The Kier molecular flexibility index (Phi) is 1.35. The summed E-state index contributed by atoms with van der Waals surface area (Å²) in [5.41, 5.74) is 0.784. The quantitative estimate of drug-likeness (QED) is 0.669. The Morgan fingerprint density at radius 3 is 2.62 bits per heavy atom. The predicted molar refractivity (Wildman–Crippen MR) is 50.2 cm³/mol. The van der Waals surface area contributed by atoms with Gasteiger partial charge in [0, 0.05) is 12.5 Å². The fourth-order valence-corrected chi connectivity index (χ4v) is 2.43. The lowest BCUT2D eigenvalue weighted by Crippen LogP contribution is -2.26. The third-order valence-corrected chi connectivity index (χ3v) is 3.32. The summed E-state index contributed by atoms with van der Waals surface area (Å²) in [6, 6.07) is 10.4. The first-order valence-corrected chi connectivity index (χ1v) is 4.81. The van der Waals surface area contributed by atoms with Gasteiger partial charge in [-0.05, 0) is 12.0 Å². The average Bonchev–Trinajstić information content (AvgIpc) is 2.71. The molecule has 0 aromatic heterocycles. The lowest BCUT2D eigenvalue weighted by atomic mass is 10.0. The van der Waals surface area contributed by atoms with Gasteiger partial charge in [0.2, 0.25) is 0 Å². The molecule has 3 atom stereocenters. The lowest BCUT2D eigenvalue weighted by Gasteiger charge is -2.18. The minimum atomic E-state index is -0.429. The molecule has 2 unspecified atom stereocenters. The number of hydrogen-bond donors (Lipinski definition) is 2. The third kappa shape index (κ3) is 0.960. The molecule has 1 saturated heterocycles. The molecule has 1 aromatic rings. The molecule has 0 amide bonds. The van der Waals surface area contributed by atoms with Crippen molar-refractivity contribution in [3.8, 4) is 0 Å². The molecule has 0 spiro atoms. The van der Waals surface area contributed by atoms with Crippen LogP contribution < -0.4 is 5.32 Å². The average molecular weight is 175 g/mol. The summed E-state index contributed by atoms with van der Waals surface area (Å²) in [7, 11) is 0. The molecule has 0 radical (unpaired) electrons. The van der Waals surface area contributed by atoms with E-state index in [4.69, 9.17) is 0 Å². The van der Waals surface area contributed by atoms with Crippen LogP contribution in [0.4, 0.5) is 0 Å². The smallest absolute Gasteiger partial charge is 0.0886 e. The van der Waals surface area contributed by atoms with Gasteiger partial charge in [-0.25, -0.2) is 0 Å². The molecule has 2 heteroatoms. The van der Waals surface area contributed by atoms with E-state index < -0.39 is 5.60 Å². The first-order chi connectivity index (χ1) is 6.31. The summed E-state index contributed by atoms with van der Waals surface area (Å²) in [6.07, 6.45) is 0.972. The van der Waals surface area contributed by atoms with E-state index in [-0.39, 0.29) is 6.04 Å². The van der Waals surface area contributed by atoms with Crippen molar-refractivity contribution in [2.75, 3.05) is 6.54 Å². The molecule has 2 fully saturated rings. The summed E-state index contributed by atoms with van der Waals surface area (Å²) in [6.45, 7) is 0.968. The largest absolute Gasteiger partial charge is 0.388 e. The highest BCUT2D eigenvalue weighted by Gasteiger charge is 2.62. The number of aliphatic hydroxyl groups is 1. The second-order valence-corrected chi connectivity index (χ2v) is 4.14. The van der Waals surface area contributed by atoms with Gasteiger partial charge in [-0.3, -0.25) is 0 Å².